The van der Waals surface area contributed by atoms with Crippen molar-refractivity contribution in [3.63, 3.8) is 0 Å². The highest BCUT2D eigenvalue weighted by molar-refractivity contribution is 7.98. The lowest BCUT2D eigenvalue weighted by Crippen LogP contribution is -2.01. The zero-order valence-corrected chi connectivity index (χ0v) is 16.5. The number of aromatic nitrogens is 3. The molecule has 7 heteroatoms. The van der Waals surface area contributed by atoms with E-state index in [9.17, 15) is 4.79 Å². The highest BCUT2D eigenvalue weighted by Crippen LogP contribution is 2.32. The maximum atomic E-state index is 12.1. The van der Waals surface area contributed by atoms with Gasteiger partial charge in [-0.15, -0.1) is 10.2 Å². The molecule has 1 aliphatic rings. The van der Waals surface area contributed by atoms with Gasteiger partial charge in [-0.25, -0.2) is 4.79 Å². The lowest BCUT2D eigenvalue weighted by Gasteiger charge is -2.08. The minimum absolute atomic E-state index is 0.311. The Morgan fingerprint density at radius 2 is 2.00 bits per heavy atom. The number of nitrogens with zero attached hydrogens (tertiary/aromatic N) is 3. The Labute approximate surface area is 165 Å². The molecular formula is C21H19N3O3S. The van der Waals surface area contributed by atoms with Crippen LogP contribution in [0.3, 0.4) is 0 Å². The van der Waals surface area contributed by atoms with E-state index in [0.717, 1.165) is 52.5 Å². The van der Waals surface area contributed by atoms with Gasteiger partial charge in [0.1, 0.15) is 11.3 Å². The van der Waals surface area contributed by atoms with Crippen LogP contribution in [0.15, 0.2) is 49.3 Å². The fourth-order valence-electron chi connectivity index (χ4n) is 3.85. The molecule has 0 saturated carbocycles. The van der Waals surface area contributed by atoms with Crippen molar-refractivity contribution in [1.29, 1.82) is 0 Å². The molecule has 0 spiro atoms. The lowest BCUT2D eigenvalue weighted by molar-refractivity contribution is 0.534. The van der Waals surface area contributed by atoms with Gasteiger partial charge in [0.15, 0.2) is 11.0 Å². The summed E-state index contributed by atoms with van der Waals surface area (Å²) in [6, 6.07) is 7.71. The van der Waals surface area contributed by atoms with Crippen LogP contribution in [0.2, 0.25) is 0 Å². The number of thioether (sulfide) groups is 1. The SMILES string of the molecule is Cc1occc1-c1nnc(SCc2cc(=O)oc3cc4c(cc23)CCC4)n1C. The van der Waals surface area contributed by atoms with E-state index in [1.165, 1.54) is 11.1 Å². The van der Waals surface area contributed by atoms with Gasteiger partial charge in [0.05, 0.1) is 11.8 Å². The first-order valence-corrected chi connectivity index (χ1v) is 10.2. The largest absolute Gasteiger partial charge is 0.469 e. The zero-order valence-electron chi connectivity index (χ0n) is 15.7. The summed E-state index contributed by atoms with van der Waals surface area (Å²) in [4.78, 5) is 12.1. The molecule has 0 unspecified atom stereocenters. The number of aryl methyl sites for hydroxylation is 3. The number of benzene rings is 1. The van der Waals surface area contributed by atoms with Crippen molar-refractivity contribution in [2.24, 2.45) is 7.05 Å². The predicted octanol–water partition coefficient (Wildman–Crippen LogP) is 4.27. The third-order valence-corrected chi connectivity index (χ3v) is 6.40. The lowest BCUT2D eigenvalue weighted by atomic mass is 10.0. The number of rotatable bonds is 4. The van der Waals surface area contributed by atoms with E-state index in [-0.39, 0.29) is 5.63 Å². The van der Waals surface area contributed by atoms with Gasteiger partial charge in [-0.2, -0.15) is 0 Å². The predicted molar refractivity (Wildman–Crippen MR) is 108 cm³/mol. The summed E-state index contributed by atoms with van der Waals surface area (Å²) >= 11 is 1.56. The maximum Gasteiger partial charge on any atom is 0.336 e. The highest BCUT2D eigenvalue weighted by atomic mass is 32.2. The van der Waals surface area contributed by atoms with Crippen molar-refractivity contribution in [2.45, 2.75) is 37.1 Å². The summed E-state index contributed by atoms with van der Waals surface area (Å²) in [6.45, 7) is 1.91. The number of hydrogen-bond donors (Lipinski definition) is 0. The molecule has 142 valence electrons. The van der Waals surface area contributed by atoms with Crippen LogP contribution in [-0.2, 0) is 25.6 Å². The number of furan rings is 1. The highest BCUT2D eigenvalue weighted by Gasteiger charge is 2.17. The van der Waals surface area contributed by atoms with Crippen LogP contribution in [0.25, 0.3) is 22.4 Å². The molecule has 5 rings (SSSR count). The van der Waals surface area contributed by atoms with Crippen molar-refractivity contribution in [3.05, 3.63) is 63.4 Å². The summed E-state index contributed by atoms with van der Waals surface area (Å²) in [5.41, 5.74) is 4.93. The summed E-state index contributed by atoms with van der Waals surface area (Å²) in [7, 11) is 1.94. The summed E-state index contributed by atoms with van der Waals surface area (Å²) in [5, 5.41) is 10.4. The molecule has 28 heavy (non-hydrogen) atoms. The minimum atomic E-state index is -0.311. The van der Waals surface area contributed by atoms with E-state index in [4.69, 9.17) is 8.83 Å². The van der Waals surface area contributed by atoms with Crippen LogP contribution in [0, 0.1) is 6.92 Å². The first-order valence-electron chi connectivity index (χ1n) is 9.25. The van der Waals surface area contributed by atoms with Gasteiger partial charge in [-0.1, -0.05) is 11.8 Å². The van der Waals surface area contributed by atoms with Gasteiger partial charge in [-0.3, -0.25) is 0 Å². The van der Waals surface area contributed by atoms with Crippen LogP contribution in [0.4, 0.5) is 0 Å². The molecule has 0 atom stereocenters. The van der Waals surface area contributed by atoms with Gasteiger partial charge in [0.25, 0.3) is 0 Å². The Morgan fingerprint density at radius 3 is 2.79 bits per heavy atom. The van der Waals surface area contributed by atoms with Crippen molar-refractivity contribution in [3.8, 4) is 11.4 Å². The normalized spacial score (nSPS) is 13.4. The quantitative estimate of drug-likeness (QED) is 0.381. The maximum absolute atomic E-state index is 12.1. The van der Waals surface area contributed by atoms with E-state index >= 15 is 0 Å². The standard InChI is InChI=1S/C21H19N3O3S/c1-12-16(6-7-26-12)20-22-23-21(24(20)2)28-11-15-10-19(25)27-18-9-14-5-3-4-13(14)8-17(15)18/h6-10H,3-5,11H2,1-2H3. The smallest absolute Gasteiger partial charge is 0.336 e. The Balaban J connectivity index is 1.48. The fourth-order valence-corrected chi connectivity index (χ4v) is 4.75. The molecule has 0 amide bonds. The molecule has 0 aliphatic heterocycles. The van der Waals surface area contributed by atoms with Crippen LogP contribution in [0.5, 0.6) is 0 Å². The first-order chi connectivity index (χ1) is 13.6. The molecule has 0 N–H and O–H groups in total. The third kappa shape index (κ3) is 2.86. The Kier molecular flexibility index (Phi) is 4.12. The van der Waals surface area contributed by atoms with Gasteiger partial charge in [-0.05, 0) is 61.1 Å². The van der Waals surface area contributed by atoms with Crippen LogP contribution >= 0.6 is 11.8 Å². The average molecular weight is 393 g/mol. The van der Waals surface area contributed by atoms with Crippen LogP contribution in [0.1, 0.15) is 28.9 Å². The van der Waals surface area contributed by atoms with E-state index in [1.54, 1.807) is 24.1 Å². The molecule has 1 aliphatic carbocycles. The average Bonchev–Trinajstić information content (AvgIpc) is 3.38. The van der Waals surface area contributed by atoms with Crippen molar-refractivity contribution >= 4 is 22.7 Å². The second kappa shape index (κ2) is 6.67. The molecule has 4 aromatic rings. The molecule has 0 fully saturated rings. The Hall–Kier alpha value is -2.80. The fraction of sp³-hybridized carbons (Fsp3) is 0.286. The Morgan fingerprint density at radius 1 is 1.18 bits per heavy atom. The van der Waals surface area contributed by atoms with Gasteiger partial charge in [0.2, 0.25) is 0 Å². The van der Waals surface area contributed by atoms with Gasteiger partial charge in [0, 0.05) is 24.3 Å². The van der Waals surface area contributed by atoms with Crippen molar-refractivity contribution in [1.82, 2.24) is 14.8 Å². The Bertz CT molecular complexity index is 1250. The molecule has 0 radical (unpaired) electrons. The number of hydrogen-bond acceptors (Lipinski definition) is 6. The molecule has 0 bridgehead atoms. The molecular weight excluding hydrogens is 374 g/mol. The van der Waals surface area contributed by atoms with Crippen molar-refractivity contribution in [2.75, 3.05) is 0 Å². The second-order valence-corrected chi connectivity index (χ2v) is 8.05. The minimum Gasteiger partial charge on any atom is -0.469 e. The second-order valence-electron chi connectivity index (χ2n) is 7.11. The topological polar surface area (TPSA) is 74.1 Å². The van der Waals surface area contributed by atoms with Crippen molar-refractivity contribution < 1.29 is 8.83 Å². The summed E-state index contributed by atoms with van der Waals surface area (Å²) in [5.74, 6) is 2.20. The molecule has 6 nitrogen and oxygen atoms in total. The van der Waals surface area contributed by atoms with E-state index in [1.807, 2.05) is 30.7 Å². The third-order valence-electron chi connectivity index (χ3n) is 5.33. The molecule has 0 saturated heterocycles. The van der Waals surface area contributed by atoms with Crippen LogP contribution < -0.4 is 5.63 Å². The molecule has 1 aromatic carbocycles. The number of fused-ring (bicyclic) bond motifs is 2. The van der Waals surface area contributed by atoms with Gasteiger partial charge < -0.3 is 13.4 Å². The van der Waals surface area contributed by atoms with E-state index in [2.05, 4.69) is 16.3 Å². The molecule has 3 heterocycles. The monoisotopic (exact) mass is 393 g/mol. The van der Waals surface area contributed by atoms with Crippen LogP contribution in [-0.4, -0.2) is 14.8 Å². The summed E-state index contributed by atoms with van der Waals surface area (Å²) < 4.78 is 12.8. The van der Waals surface area contributed by atoms with Gasteiger partial charge >= 0.3 is 5.63 Å². The zero-order chi connectivity index (χ0) is 19.3. The van der Waals surface area contributed by atoms with E-state index in [0.29, 0.717) is 11.3 Å². The first kappa shape index (κ1) is 17.3. The van der Waals surface area contributed by atoms with E-state index < -0.39 is 0 Å². The summed E-state index contributed by atoms with van der Waals surface area (Å²) in [6.07, 6.45) is 4.96. The molecule has 3 aromatic heterocycles.